The lowest BCUT2D eigenvalue weighted by molar-refractivity contribution is -0.165. The van der Waals surface area contributed by atoms with E-state index in [0.29, 0.717) is 6.42 Å². The van der Waals surface area contributed by atoms with Gasteiger partial charge in [0.05, 0.1) is 13.0 Å². The molecule has 20 heavy (non-hydrogen) atoms. The van der Waals surface area contributed by atoms with E-state index in [2.05, 4.69) is 4.74 Å². The number of rotatable bonds is 4. The minimum absolute atomic E-state index is 0.0316. The maximum atomic E-state index is 10.8. The lowest BCUT2D eigenvalue weighted by atomic mass is 10.1. The zero-order valence-electron chi connectivity index (χ0n) is 10.7. The third-order valence-electron chi connectivity index (χ3n) is 2.43. The van der Waals surface area contributed by atoms with Crippen LogP contribution in [0.25, 0.3) is 0 Å². The Balaban J connectivity index is 0.000000361. The number of hydrogen-bond donors (Lipinski definition) is 5. The number of hydrogen-bond acceptors (Lipinski definition) is 7. The summed E-state index contributed by atoms with van der Waals surface area (Å²) in [6, 6.07) is 0.0316. The number of aliphatic hydroxyl groups is 2. The molecule has 0 aromatic heterocycles. The lowest BCUT2D eigenvalue weighted by Gasteiger charge is -2.07. The van der Waals surface area contributed by atoms with Gasteiger partial charge in [0.1, 0.15) is 0 Å². The van der Waals surface area contributed by atoms with Crippen molar-refractivity contribution >= 4 is 17.9 Å². The number of carbonyl (C=O) groups is 3. The summed E-state index contributed by atoms with van der Waals surface area (Å²) in [5.41, 5.74) is 5.52. The molecule has 0 aromatic rings. The second kappa shape index (κ2) is 8.25. The summed E-state index contributed by atoms with van der Waals surface area (Å²) >= 11 is 0. The number of aliphatic hydroxyl groups excluding tert-OH is 2. The van der Waals surface area contributed by atoms with Crippen molar-refractivity contribution in [3.63, 3.8) is 0 Å². The van der Waals surface area contributed by atoms with Crippen molar-refractivity contribution < 1.29 is 39.5 Å². The maximum Gasteiger partial charge on any atom is 0.335 e. The minimum atomic E-state index is -2.27. The predicted molar refractivity (Wildman–Crippen MR) is 64.5 cm³/mol. The van der Waals surface area contributed by atoms with Crippen LogP contribution in [0.1, 0.15) is 6.42 Å². The van der Waals surface area contributed by atoms with Gasteiger partial charge in [0.15, 0.2) is 12.2 Å². The van der Waals surface area contributed by atoms with E-state index in [0.717, 1.165) is 0 Å². The summed E-state index contributed by atoms with van der Waals surface area (Å²) < 4.78 is 4.54. The molecule has 0 spiro atoms. The summed E-state index contributed by atoms with van der Waals surface area (Å²) in [6.07, 6.45) is -0.208. The normalized spacial score (nSPS) is 23.2. The highest BCUT2D eigenvalue weighted by Crippen LogP contribution is 2.16. The Hall–Kier alpha value is -1.97. The number of carbonyl (C=O) groups excluding carboxylic acids is 1. The van der Waals surface area contributed by atoms with Crippen molar-refractivity contribution in [1.82, 2.24) is 0 Å². The zero-order chi connectivity index (χ0) is 15.9. The Kier molecular flexibility index (Phi) is 7.44. The largest absolute Gasteiger partial charge is 0.479 e. The Morgan fingerprint density at radius 1 is 1.15 bits per heavy atom. The SMILES string of the molecule is COC(=O)C1C=CC(N)C1.O=C(O)[C@H](O)[C@@H](O)C(=O)O. The number of carboxylic acids is 2. The van der Waals surface area contributed by atoms with Gasteiger partial charge in [-0.25, -0.2) is 9.59 Å². The first kappa shape index (κ1) is 18.0. The first-order valence-electron chi connectivity index (χ1n) is 5.54. The van der Waals surface area contributed by atoms with E-state index in [9.17, 15) is 14.4 Å². The molecule has 9 heteroatoms. The molecule has 0 saturated carbocycles. The lowest BCUT2D eigenvalue weighted by Crippen LogP contribution is -2.39. The van der Waals surface area contributed by atoms with Gasteiger partial charge in [-0.1, -0.05) is 12.2 Å². The van der Waals surface area contributed by atoms with Crippen LogP contribution in [0.2, 0.25) is 0 Å². The number of esters is 1. The van der Waals surface area contributed by atoms with Crippen molar-refractivity contribution in [3.8, 4) is 0 Å². The molecule has 1 aliphatic carbocycles. The van der Waals surface area contributed by atoms with E-state index in [4.69, 9.17) is 26.2 Å². The topological polar surface area (TPSA) is 167 Å². The van der Waals surface area contributed by atoms with Crippen LogP contribution in [0.5, 0.6) is 0 Å². The molecule has 0 saturated heterocycles. The zero-order valence-corrected chi connectivity index (χ0v) is 10.7. The first-order chi connectivity index (χ1) is 9.20. The molecule has 114 valence electrons. The molecule has 1 rings (SSSR count). The highest BCUT2D eigenvalue weighted by atomic mass is 16.5. The third kappa shape index (κ3) is 5.78. The van der Waals surface area contributed by atoms with Crippen LogP contribution in [0, 0.1) is 5.92 Å². The molecular formula is C11H17NO8. The van der Waals surface area contributed by atoms with Crippen molar-refractivity contribution in [2.75, 3.05) is 7.11 Å². The molecular weight excluding hydrogens is 274 g/mol. The van der Waals surface area contributed by atoms with Crippen LogP contribution in [0.15, 0.2) is 12.2 Å². The van der Waals surface area contributed by atoms with Crippen LogP contribution < -0.4 is 5.73 Å². The average molecular weight is 291 g/mol. The highest BCUT2D eigenvalue weighted by Gasteiger charge is 2.29. The Bertz CT molecular complexity index is 376. The molecule has 1 aliphatic rings. The maximum absolute atomic E-state index is 10.8. The second-order valence-corrected chi connectivity index (χ2v) is 3.98. The third-order valence-corrected chi connectivity index (χ3v) is 2.43. The second-order valence-electron chi connectivity index (χ2n) is 3.98. The molecule has 0 heterocycles. The highest BCUT2D eigenvalue weighted by molar-refractivity contribution is 5.83. The van der Waals surface area contributed by atoms with Gasteiger partial charge in [0.2, 0.25) is 0 Å². The molecule has 0 radical (unpaired) electrons. The van der Waals surface area contributed by atoms with Gasteiger partial charge in [0.25, 0.3) is 0 Å². The van der Waals surface area contributed by atoms with Gasteiger partial charge in [-0.05, 0) is 6.42 Å². The molecule has 0 amide bonds. The number of nitrogens with two attached hydrogens (primary N) is 1. The van der Waals surface area contributed by atoms with E-state index < -0.39 is 24.1 Å². The summed E-state index contributed by atoms with van der Waals surface area (Å²) in [5.74, 6) is -3.84. The Morgan fingerprint density at radius 2 is 1.60 bits per heavy atom. The number of ether oxygens (including phenoxy) is 1. The molecule has 0 aromatic carbocycles. The van der Waals surface area contributed by atoms with Gasteiger partial charge >= 0.3 is 17.9 Å². The average Bonchev–Trinajstić information content (AvgIpc) is 2.83. The molecule has 2 unspecified atom stereocenters. The van der Waals surface area contributed by atoms with Crippen LogP contribution in [0.4, 0.5) is 0 Å². The number of carboxylic acid groups (broad SMARTS) is 2. The molecule has 0 bridgehead atoms. The van der Waals surface area contributed by atoms with Gasteiger partial charge in [-0.15, -0.1) is 0 Å². The molecule has 6 N–H and O–H groups in total. The first-order valence-corrected chi connectivity index (χ1v) is 5.54. The smallest absolute Gasteiger partial charge is 0.335 e. The van der Waals surface area contributed by atoms with E-state index in [-0.39, 0.29) is 17.9 Å². The van der Waals surface area contributed by atoms with Crippen LogP contribution in [0.3, 0.4) is 0 Å². The van der Waals surface area contributed by atoms with E-state index >= 15 is 0 Å². The monoisotopic (exact) mass is 291 g/mol. The standard InChI is InChI=1S/C7H11NO2.C4H6O6/c1-10-7(9)5-2-3-6(8)4-5;5-1(3(7)8)2(6)4(9)10/h2-3,5-6H,4,8H2,1H3;1-2,5-6H,(H,7,8)(H,9,10)/t;1-,2-/m.1/s1. The van der Waals surface area contributed by atoms with Crippen LogP contribution >= 0.6 is 0 Å². The number of aliphatic carboxylic acids is 2. The van der Waals surface area contributed by atoms with Gasteiger partial charge in [-0.2, -0.15) is 0 Å². The fraction of sp³-hybridized carbons (Fsp3) is 0.545. The number of methoxy groups -OCH3 is 1. The van der Waals surface area contributed by atoms with E-state index in [1.807, 2.05) is 6.08 Å². The van der Waals surface area contributed by atoms with Gasteiger partial charge < -0.3 is 30.9 Å². The summed E-state index contributed by atoms with van der Waals surface area (Å²) in [7, 11) is 1.39. The molecule has 9 nitrogen and oxygen atoms in total. The van der Waals surface area contributed by atoms with Crippen molar-refractivity contribution in [1.29, 1.82) is 0 Å². The van der Waals surface area contributed by atoms with E-state index in [1.165, 1.54) is 7.11 Å². The molecule has 4 atom stereocenters. The summed E-state index contributed by atoms with van der Waals surface area (Å²) in [4.78, 5) is 30.4. The summed E-state index contributed by atoms with van der Waals surface area (Å²) in [6.45, 7) is 0. The molecule has 0 fully saturated rings. The van der Waals surface area contributed by atoms with Crippen molar-refractivity contribution in [3.05, 3.63) is 12.2 Å². The van der Waals surface area contributed by atoms with Gasteiger partial charge in [-0.3, -0.25) is 4.79 Å². The van der Waals surface area contributed by atoms with Crippen molar-refractivity contribution in [2.24, 2.45) is 11.7 Å². The summed E-state index contributed by atoms with van der Waals surface area (Å²) in [5, 5.41) is 32.5. The predicted octanol–water partition coefficient (Wildman–Crippen LogP) is -2.06. The Morgan fingerprint density at radius 3 is 1.85 bits per heavy atom. The van der Waals surface area contributed by atoms with Crippen LogP contribution in [-0.2, 0) is 19.1 Å². The fourth-order valence-electron chi connectivity index (χ4n) is 1.32. The molecule has 0 aliphatic heterocycles. The van der Waals surface area contributed by atoms with Crippen molar-refractivity contribution in [2.45, 2.75) is 24.7 Å². The Labute approximate surface area is 114 Å². The van der Waals surface area contributed by atoms with Crippen LogP contribution in [-0.4, -0.2) is 63.7 Å². The quantitative estimate of drug-likeness (QED) is 0.289. The van der Waals surface area contributed by atoms with E-state index in [1.54, 1.807) is 6.08 Å². The fourth-order valence-corrected chi connectivity index (χ4v) is 1.32. The minimum Gasteiger partial charge on any atom is -0.479 e. The van der Waals surface area contributed by atoms with Gasteiger partial charge in [0, 0.05) is 6.04 Å².